The normalized spacial score (nSPS) is 16.5. The van der Waals surface area contributed by atoms with Gasteiger partial charge in [-0.15, -0.1) is 0 Å². The summed E-state index contributed by atoms with van der Waals surface area (Å²) in [5.41, 5.74) is 2.56. The second-order valence-electron chi connectivity index (χ2n) is 6.72. The zero-order valence-electron chi connectivity index (χ0n) is 15.4. The van der Waals surface area contributed by atoms with Crippen LogP contribution in [-0.2, 0) is 16.6 Å². The number of aryl methyl sites for hydroxylation is 1. The molecule has 6 heteroatoms. The molecule has 140 valence electrons. The summed E-state index contributed by atoms with van der Waals surface area (Å²) in [4.78, 5) is 1.76. The third-order valence-electron chi connectivity index (χ3n) is 4.78. The number of benzene rings is 2. The SMILES string of the molecule is CCOc1ccc(S(=O)(=O)N2CC[NH+](Cc3ccc(C)cc3)CC2)cc1. The van der Waals surface area contributed by atoms with Crippen molar-refractivity contribution in [3.8, 4) is 5.75 Å². The summed E-state index contributed by atoms with van der Waals surface area (Å²) in [5, 5.41) is 0. The summed E-state index contributed by atoms with van der Waals surface area (Å²) in [7, 11) is -3.43. The van der Waals surface area contributed by atoms with Crippen LogP contribution < -0.4 is 9.64 Å². The maximum absolute atomic E-state index is 12.8. The Balaban J connectivity index is 1.60. The Labute approximate surface area is 156 Å². The zero-order chi connectivity index (χ0) is 18.6. The van der Waals surface area contributed by atoms with E-state index in [0.29, 0.717) is 30.3 Å². The Kier molecular flexibility index (Phi) is 5.96. The molecule has 0 atom stereocenters. The van der Waals surface area contributed by atoms with Gasteiger partial charge >= 0.3 is 0 Å². The van der Waals surface area contributed by atoms with Crippen LogP contribution >= 0.6 is 0 Å². The van der Waals surface area contributed by atoms with Crippen molar-refractivity contribution in [2.75, 3.05) is 32.8 Å². The van der Waals surface area contributed by atoms with Crippen molar-refractivity contribution in [1.82, 2.24) is 4.31 Å². The first kappa shape index (κ1) is 18.9. The highest BCUT2D eigenvalue weighted by atomic mass is 32.2. The van der Waals surface area contributed by atoms with Crippen LogP contribution in [0.1, 0.15) is 18.1 Å². The van der Waals surface area contributed by atoms with Gasteiger partial charge in [0.05, 0.1) is 37.7 Å². The molecule has 0 aromatic heterocycles. The van der Waals surface area contributed by atoms with Crippen molar-refractivity contribution in [3.63, 3.8) is 0 Å². The lowest BCUT2D eigenvalue weighted by Gasteiger charge is -2.31. The first-order valence-corrected chi connectivity index (χ1v) is 10.5. The van der Waals surface area contributed by atoms with E-state index in [1.165, 1.54) is 16.0 Å². The summed E-state index contributed by atoms with van der Waals surface area (Å²) in [6.45, 7) is 8.25. The van der Waals surface area contributed by atoms with Crippen LogP contribution in [0.15, 0.2) is 53.4 Å². The lowest BCUT2D eigenvalue weighted by atomic mass is 10.1. The summed E-state index contributed by atoms with van der Waals surface area (Å²) < 4.78 is 32.7. The number of hydrogen-bond donors (Lipinski definition) is 1. The van der Waals surface area contributed by atoms with E-state index in [1.54, 1.807) is 28.6 Å². The molecule has 1 heterocycles. The summed E-state index contributed by atoms with van der Waals surface area (Å²) in [6, 6.07) is 15.3. The molecule has 0 spiro atoms. The highest BCUT2D eigenvalue weighted by Crippen LogP contribution is 2.19. The minimum Gasteiger partial charge on any atom is -0.494 e. The smallest absolute Gasteiger partial charge is 0.243 e. The number of rotatable bonds is 6. The first-order valence-electron chi connectivity index (χ1n) is 9.11. The van der Waals surface area contributed by atoms with Gasteiger partial charge in [0.25, 0.3) is 0 Å². The fourth-order valence-electron chi connectivity index (χ4n) is 3.24. The average molecular weight is 376 g/mol. The van der Waals surface area contributed by atoms with Crippen molar-refractivity contribution in [1.29, 1.82) is 0 Å². The predicted molar refractivity (Wildman–Crippen MR) is 102 cm³/mol. The molecular weight excluding hydrogens is 348 g/mol. The second-order valence-corrected chi connectivity index (χ2v) is 8.66. The van der Waals surface area contributed by atoms with E-state index in [9.17, 15) is 8.42 Å². The summed E-state index contributed by atoms with van der Waals surface area (Å²) >= 11 is 0. The standard InChI is InChI=1S/C20H26N2O3S/c1-3-25-19-8-10-20(11-9-19)26(23,24)22-14-12-21(13-15-22)16-18-6-4-17(2)5-7-18/h4-11H,3,12-16H2,1-2H3/p+1. The van der Waals surface area contributed by atoms with Crippen molar-refractivity contribution in [2.24, 2.45) is 0 Å². The molecule has 1 saturated heterocycles. The molecule has 1 fully saturated rings. The highest BCUT2D eigenvalue weighted by Gasteiger charge is 2.30. The van der Waals surface area contributed by atoms with Crippen LogP contribution in [0.2, 0.25) is 0 Å². The van der Waals surface area contributed by atoms with Crippen LogP contribution in [-0.4, -0.2) is 45.5 Å². The van der Waals surface area contributed by atoms with Crippen molar-refractivity contribution >= 4 is 10.0 Å². The Morgan fingerprint density at radius 2 is 1.62 bits per heavy atom. The van der Waals surface area contributed by atoms with Gasteiger partial charge in [0.15, 0.2) is 0 Å². The fourth-order valence-corrected chi connectivity index (χ4v) is 4.68. The predicted octanol–water partition coefficient (Wildman–Crippen LogP) is 1.48. The van der Waals surface area contributed by atoms with Gasteiger partial charge in [-0.25, -0.2) is 8.42 Å². The van der Waals surface area contributed by atoms with Crippen molar-refractivity contribution in [2.45, 2.75) is 25.3 Å². The number of nitrogens with zero attached hydrogens (tertiary/aromatic N) is 1. The third-order valence-corrected chi connectivity index (χ3v) is 6.69. The molecule has 0 saturated carbocycles. The van der Waals surface area contributed by atoms with E-state index in [1.807, 2.05) is 6.92 Å². The minimum absolute atomic E-state index is 0.336. The molecule has 0 amide bonds. The van der Waals surface area contributed by atoms with Gasteiger partial charge in [-0.1, -0.05) is 29.8 Å². The molecule has 0 aliphatic carbocycles. The number of hydrogen-bond acceptors (Lipinski definition) is 3. The lowest BCUT2D eigenvalue weighted by Crippen LogP contribution is -3.13. The molecule has 3 rings (SSSR count). The molecule has 1 aliphatic heterocycles. The molecule has 5 nitrogen and oxygen atoms in total. The Bertz CT molecular complexity index is 809. The molecule has 2 aromatic carbocycles. The van der Waals surface area contributed by atoms with Gasteiger partial charge in [-0.3, -0.25) is 0 Å². The molecule has 2 aromatic rings. The molecule has 0 unspecified atom stereocenters. The van der Waals surface area contributed by atoms with Crippen LogP contribution in [0.5, 0.6) is 5.75 Å². The van der Waals surface area contributed by atoms with E-state index >= 15 is 0 Å². The van der Waals surface area contributed by atoms with Gasteiger partial charge in [0.1, 0.15) is 12.3 Å². The van der Waals surface area contributed by atoms with E-state index in [4.69, 9.17) is 4.74 Å². The van der Waals surface area contributed by atoms with E-state index in [0.717, 1.165) is 19.6 Å². The van der Waals surface area contributed by atoms with Crippen LogP contribution in [0.4, 0.5) is 0 Å². The maximum Gasteiger partial charge on any atom is 0.243 e. The highest BCUT2D eigenvalue weighted by molar-refractivity contribution is 7.89. The Morgan fingerprint density at radius 3 is 2.19 bits per heavy atom. The average Bonchev–Trinajstić information content (AvgIpc) is 2.65. The van der Waals surface area contributed by atoms with E-state index < -0.39 is 10.0 Å². The molecule has 0 bridgehead atoms. The molecule has 1 aliphatic rings. The molecular formula is C20H27N2O3S+. The molecule has 0 radical (unpaired) electrons. The number of quaternary nitrogens is 1. The summed E-state index contributed by atoms with van der Waals surface area (Å²) in [5.74, 6) is 0.693. The maximum atomic E-state index is 12.8. The van der Waals surface area contributed by atoms with E-state index in [2.05, 4.69) is 31.2 Å². The van der Waals surface area contributed by atoms with Crippen molar-refractivity contribution in [3.05, 3.63) is 59.7 Å². The van der Waals surface area contributed by atoms with Crippen LogP contribution in [0.3, 0.4) is 0 Å². The van der Waals surface area contributed by atoms with Gasteiger partial charge in [-0.05, 0) is 38.1 Å². The topological polar surface area (TPSA) is 51.1 Å². The quantitative estimate of drug-likeness (QED) is 0.832. The minimum atomic E-state index is -3.43. The first-order chi connectivity index (χ1) is 12.5. The Morgan fingerprint density at radius 1 is 1.00 bits per heavy atom. The number of nitrogens with one attached hydrogen (secondary N) is 1. The van der Waals surface area contributed by atoms with Crippen LogP contribution in [0, 0.1) is 6.92 Å². The molecule has 1 N–H and O–H groups in total. The number of ether oxygens (including phenoxy) is 1. The largest absolute Gasteiger partial charge is 0.494 e. The van der Waals surface area contributed by atoms with Gasteiger partial charge in [-0.2, -0.15) is 4.31 Å². The van der Waals surface area contributed by atoms with Crippen molar-refractivity contribution < 1.29 is 18.1 Å². The number of sulfonamides is 1. The molecule has 26 heavy (non-hydrogen) atoms. The van der Waals surface area contributed by atoms with E-state index in [-0.39, 0.29) is 0 Å². The van der Waals surface area contributed by atoms with Crippen LogP contribution in [0.25, 0.3) is 0 Å². The van der Waals surface area contributed by atoms with Gasteiger partial charge in [0, 0.05) is 5.56 Å². The fraction of sp³-hybridized carbons (Fsp3) is 0.400. The summed E-state index contributed by atoms with van der Waals surface area (Å²) in [6.07, 6.45) is 0. The Hall–Kier alpha value is -1.89. The lowest BCUT2D eigenvalue weighted by molar-refractivity contribution is -0.917. The zero-order valence-corrected chi connectivity index (χ0v) is 16.3. The second kappa shape index (κ2) is 8.20. The third kappa shape index (κ3) is 4.44. The van der Waals surface area contributed by atoms with Gasteiger partial charge < -0.3 is 9.64 Å². The monoisotopic (exact) mass is 375 g/mol. The number of piperazine rings is 1. The van der Waals surface area contributed by atoms with Gasteiger partial charge in [0.2, 0.25) is 10.0 Å².